The second kappa shape index (κ2) is 7.24. The van der Waals surface area contributed by atoms with Crippen LogP contribution in [-0.4, -0.2) is 33.7 Å². The number of ether oxygens (including phenoxy) is 1. The maximum Gasteiger partial charge on any atom is 0.262 e. The molecule has 2 N–H and O–H groups in total. The lowest BCUT2D eigenvalue weighted by Crippen LogP contribution is -2.14. The van der Waals surface area contributed by atoms with E-state index in [1.807, 2.05) is 0 Å². The average Bonchev–Trinajstić information content (AvgIpc) is 2.49. The summed E-state index contributed by atoms with van der Waals surface area (Å²) in [6.07, 6.45) is 1.48. The number of benzene rings is 1. The molecule has 0 atom stereocenters. The van der Waals surface area contributed by atoms with E-state index >= 15 is 0 Å². The molecule has 0 fully saturated rings. The molecule has 0 aliphatic heterocycles. The van der Waals surface area contributed by atoms with Gasteiger partial charge >= 0.3 is 0 Å². The van der Waals surface area contributed by atoms with Crippen molar-refractivity contribution in [2.45, 2.75) is 11.8 Å². The fourth-order valence-corrected chi connectivity index (χ4v) is 3.20. The lowest BCUT2D eigenvalue weighted by atomic mass is 10.2. The molecule has 1 aromatic carbocycles. The molecule has 0 radical (unpaired) electrons. The van der Waals surface area contributed by atoms with Crippen LogP contribution in [0.25, 0.3) is 0 Å². The van der Waals surface area contributed by atoms with Gasteiger partial charge in [-0.25, -0.2) is 13.4 Å². The molecule has 22 heavy (non-hydrogen) atoms. The van der Waals surface area contributed by atoms with Gasteiger partial charge in [0.05, 0.1) is 23.4 Å². The first-order valence-electron chi connectivity index (χ1n) is 6.80. The minimum absolute atomic E-state index is 0.261. The van der Waals surface area contributed by atoms with Crippen LogP contribution < -0.4 is 10.0 Å². The molecule has 1 aromatic heterocycles. The molecule has 0 bridgehead atoms. The quantitative estimate of drug-likeness (QED) is 0.765. The number of rotatable bonds is 7. The number of pyridine rings is 1. The molecule has 6 nitrogen and oxygen atoms in total. The van der Waals surface area contributed by atoms with Gasteiger partial charge in [0.15, 0.2) is 0 Å². The topological polar surface area (TPSA) is 80.3 Å². The zero-order valence-corrected chi connectivity index (χ0v) is 13.4. The van der Waals surface area contributed by atoms with Crippen molar-refractivity contribution in [1.29, 1.82) is 0 Å². The summed E-state index contributed by atoms with van der Waals surface area (Å²) in [7, 11) is -1.98. The predicted molar refractivity (Wildman–Crippen MR) is 86.6 cm³/mol. The molecule has 0 saturated carbocycles. The minimum atomic E-state index is -3.61. The van der Waals surface area contributed by atoms with Crippen molar-refractivity contribution in [2.75, 3.05) is 30.3 Å². The molecule has 7 heteroatoms. The Hall–Kier alpha value is -2.12. The molecule has 1 heterocycles. The van der Waals surface area contributed by atoms with E-state index in [1.165, 1.54) is 6.20 Å². The van der Waals surface area contributed by atoms with Gasteiger partial charge in [0.25, 0.3) is 10.0 Å². The third-order valence-corrected chi connectivity index (χ3v) is 4.55. The van der Waals surface area contributed by atoms with Crippen LogP contribution >= 0.6 is 0 Å². The van der Waals surface area contributed by atoms with Gasteiger partial charge < -0.3 is 10.1 Å². The minimum Gasteiger partial charge on any atom is -0.383 e. The van der Waals surface area contributed by atoms with Crippen LogP contribution in [0, 0.1) is 6.92 Å². The first-order chi connectivity index (χ1) is 10.5. The summed E-state index contributed by atoms with van der Waals surface area (Å²) >= 11 is 0. The highest BCUT2D eigenvalue weighted by Crippen LogP contribution is 2.19. The third kappa shape index (κ3) is 4.19. The van der Waals surface area contributed by atoms with E-state index in [4.69, 9.17) is 4.74 Å². The summed E-state index contributed by atoms with van der Waals surface area (Å²) < 4.78 is 32.2. The standard InChI is InChI=1S/C15H19N3O3S/c1-12-5-3-4-6-14(12)22(19,20)18-13-7-8-15(17-11-13)16-9-10-21-2/h3-8,11,18H,9-10H2,1-2H3,(H,16,17). The lowest BCUT2D eigenvalue weighted by Gasteiger charge is -2.10. The Balaban J connectivity index is 2.09. The largest absolute Gasteiger partial charge is 0.383 e. The fourth-order valence-electron chi connectivity index (χ4n) is 1.91. The zero-order valence-electron chi connectivity index (χ0n) is 12.5. The Morgan fingerprint density at radius 3 is 2.59 bits per heavy atom. The highest BCUT2D eigenvalue weighted by molar-refractivity contribution is 7.92. The predicted octanol–water partition coefficient (Wildman–Crippen LogP) is 2.25. The van der Waals surface area contributed by atoms with Gasteiger partial charge in [0.2, 0.25) is 0 Å². The number of anilines is 2. The number of nitrogens with zero attached hydrogens (tertiary/aromatic N) is 1. The van der Waals surface area contributed by atoms with E-state index in [9.17, 15) is 8.42 Å². The van der Waals surface area contributed by atoms with Gasteiger partial charge in [-0.05, 0) is 30.7 Å². The Morgan fingerprint density at radius 2 is 1.95 bits per heavy atom. The Kier molecular flexibility index (Phi) is 5.35. The number of hydrogen-bond donors (Lipinski definition) is 2. The highest BCUT2D eigenvalue weighted by atomic mass is 32.2. The van der Waals surface area contributed by atoms with Gasteiger partial charge in [-0.1, -0.05) is 18.2 Å². The van der Waals surface area contributed by atoms with Crippen LogP contribution in [0.1, 0.15) is 5.56 Å². The van der Waals surface area contributed by atoms with Crippen LogP contribution in [0.15, 0.2) is 47.5 Å². The molecule has 0 saturated heterocycles. The third-order valence-electron chi connectivity index (χ3n) is 3.01. The van der Waals surface area contributed by atoms with Crippen molar-refractivity contribution < 1.29 is 13.2 Å². The number of hydrogen-bond acceptors (Lipinski definition) is 5. The monoisotopic (exact) mass is 321 g/mol. The first-order valence-corrected chi connectivity index (χ1v) is 8.28. The van der Waals surface area contributed by atoms with Crippen LogP contribution in [-0.2, 0) is 14.8 Å². The molecule has 0 spiro atoms. The van der Waals surface area contributed by atoms with Crippen molar-refractivity contribution in [3.63, 3.8) is 0 Å². The highest BCUT2D eigenvalue weighted by Gasteiger charge is 2.16. The summed E-state index contributed by atoms with van der Waals surface area (Å²) in [6.45, 7) is 2.97. The van der Waals surface area contributed by atoms with Gasteiger partial charge in [-0.15, -0.1) is 0 Å². The number of sulfonamides is 1. The Morgan fingerprint density at radius 1 is 1.18 bits per heavy atom. The van der Waals surface area contributed by atoms with Crippen molar-refractivity contribution in [3.05, 3.63) is 48.2 Å². The van der Waals surface area contributed by atoms with Crippen molar-refractivity contribution in [2.24, 2.45) is 0 Å². The summed E-state index contributed by atoms with van der Waals surface area (Å²) in [6, 6.07) is 10.2. The fraction of sp³-hybridized carbons (Fsp3) is 0.267. The molecular formula is C15H19N3O3S. The zero-order chi connectivity index (χ0) is 16.0. The number of aryl methyl sites for hydroxylation is 1. The smallest absolute Gasteiger partial charge is 0.262 e. The number of nitrogens with one attached hydrogen (secondary N) is 2. The first kappa shape index (κ1) is 16.3. The normalized spacial score (nSPS) is 11.2. The summed E-state index contributed by atoms with van der Waals surface area (Å²) in [5, 5.41) is 3.06. The summed E-state index contributed by atoms with van der Waals surface area (Å²) in [5.41, 5.74) is 1.11. The van der Waals surface area contributed by atoms with E-state index in [0.717, 1.165) is 0 Å². The second-order valence-corrected chi connectivity index (χ2v) is 6.37. The lowest BCUT2D eigenvalue weighted by molar-refractivity contribution is 0.210. The summed E-state index contributed by atoms with van der Waals surface area (Å²) in [4.78, 5) is 4.42. The van der Waals surface area contributed by atoms with Crippen molar-refractivity contribution >= 4 is 21.5 Å². The van der Waals surface area contributed by atoms with Crippen LogP contribution in [0.3, 0.4) is 0 Å². The van der Waals surface area contributed by atoms with Crippen LogP contribution in [0.4, 0.5) is 11.5 Å². The molecule has 0 amide bonds. The Bertz CT molecular complexity index is 715. The van der Waals surface area contributed by atoms with E-state index in [0.29, 0.717) is 30.2 Å². The summed E-state index contributed by atoms with van der Waals surface area (Å²) in [5.74, 6) is 0.663. The van der Waals surface area contributed by atoms with E-state index in [-0.39, 0.29) is 4.90 Å². The average molecular weight is 321 g/mol. The molecule has 2 rings (SSSR count). The van der Waals surface area contributed by atoms with Crippen LogP contribution in [0.2, 0.25) is 0 Å². The van der Waals surface area contributed by atoms with Gasteiger partial charge in [0, 0.05) is 13.7 Å². The van der Waals surface area contributed by atoms with E-state index in [1.54, 1.807) is 50.4 Å². The molecule has 0 unspecified atom stereocenters. The molecule has 0 aliphatic rings. The van der Waals surface area contributed by atoms with Gasteiger partial charge in [-0.2, -0.15) is 0 Å². The molecule has 2 aromatic rings. The maximum atomic E-state index is 12.3. The Labute approximate surface area is 130 Å². The van der Waals surface area contributed by atoms with E-state index in [2.05, 4.69) is 15.0 Å². The maximum absolute atomic E-state index is 12.3. The van der Waals surface area contributed by atoms with E-state index < -0.39 is 10.0 Å². The number of aromatic nitrogens is 1. The van der Waals surface area contributed by atoms with Gasteiger partial charge in [0.1, 0.15) is 5.82 Å². The van der Waals surface area contributed by atoms with Gasteiger partial charge in [-0.3, -0.25) is 4.72 Å². The van der Waals surface area contributed by atoms with Crippen molar-refractivity contribution in [1.82, 2.24) is 4.98 Å². The van der Waals surface area contributed by atoms with Crippen molar-refractivity contribution in [3.8, 4) is 0 Å². The van der Waals surface area contributed by atoms with Crippen LogP contribution in [0.5, 0.6) is 0 Å². The number of methoxy groups -OCH3 is 1. The SMILES string of the molecule is COCCNc1ccc(NS(=O)(=O)c2ccccc2C)cn1. The molecular weight excluding hydrogens is 302 g/mol. The second-order valence-electron chi connectivity index (χ2n) is 4.72. The molecule has 0 aliphatic carbocycles. The molecule has 118 valence electrons.